The van der Waals surface area contributed by atoms with Crippen molar-refractivity contribution in [2.24, 2.45) is 4.99 Å². The van der Waals surface area contributed by atoms with Crippen LogP contribution in [0.1, 0.15) is 18.2 Å². The Kier molecular flexibility index (Phi) is 5.43. The lowest BCUT2D eigenvalue weighted by Gasteiger charge is -2.18. The van der Waals surface area contributed by atoms with E-state index in [1.54, 1.807) is 35.7 Å². The van der Waals surface area contributed by atoms with Crippen molar-refractivity contribution in [1.82, 2.24) is 4.98 Å². The molecule has 1 aliphatic rings. The van der Waals surface area contributed by atoms with Crippen LogP contribution >= 0.6 is 22.9 Å². The number of rotatable bonds is 4. The highest BCUT2D eigenvalue weighted by atomic mass is 35.5. The van der Waals surface area contributed by atoms with E-state index in [1.165, 1.54) is 36.1 Å². The minimum absolute atomic E-state index is 0.0575. The van der Waals surface area contributed by atoms with Crippen LogP contribution in [0.25, 0.3) is 6.08 Å². The Hall–Kier alpha value is -3.36. The number of carbonyl (C=O) groups excluding carboxylic acids is 2. The smallest absolute Gasteiger partial charge is 0.363 e. The van der Waals surface area contributed by atoms with E-state index in [0.717, 1.165) is 11.3 Å². The number of thiazole rings is 1. The predicted molar refractivity (Wildman–Crippen MR) is 113 cm³/mol. The van der Waals surface area contributed by atoms with Gasteiger partial charge in [-0.3, -0.25) is 9.69 Å². The summed E-state index contributed by atoms with van der Waals surface area (Å²) in [5, 5.41) is 2.40. The number of aliphatic imine (C=N–C) groups is 1. The Morgan fingerprint density at radius 3 is 2.77 bits per heavy atom. The number of nitrogens with zero attached hydrogens (tertiary/aromatic N) is 3. The molecule has 0 aliphatic carbocycles. The Bertz CT molecular complexity index is 1220. The topological polar surface area (TPSA) is 71.9 Å². The molecule has 150 valence electrons. The molecule has 1 amide bonds. The van der Waals surface area contributed by atoms with E-state index >= 15 is 0 Å². The molecule has 9 heteroatoms. The van der Waals surface area contributed by atoms with Gasteiger partial charge in [-0.15, -0.1) is 11.3 Å². The lowest BCUT2D eigenvalue weighted by Crippen LogP contribution is -2.23. The summed E-state index contributed by atoms with van der Waals surface area (Å²) in [4.78, 5) is 34.0. The molecule has 0 atom stereocenters. The van der Waals surface area contributed by atoms with E-state index in [0.29, 0.717) is 16.3 Å². The fourth-order valence-corrected chi connectivity index (χ4v) is 3.81. The largest absolute Gasteiger partial charge is 0.402 e. The first-order valence-corrected chi connectivity index (χ1v) is 9.97. The van der Waals surface area contributed by atoms with Gasteiger partial charge in [-0.05, 0) is 36.4 Å². The second kappa shape index (κ2) is 8.17. The van der Waals surface area contributed by atoms with Gasteiger partial charge in [0.05, 0.1) is 11.4 Å². The third-order valence-corrected chi connectivity index (χ3v) is 5.17. The molecule has 0 radical (unpaired) electrons. The maximum absolute atomic E-state index is 14.2. The molecule has 0 fully saturated rings. The Labute approximate surface area is 179 Å². The van der Waals surface area contributed by atoms with Gasteiger partial charge in [0.2, 0.25) is 11.8 Å². The number of benzene rings is 2. The zero-order valence-corrected chi connectivity index (χ0v) is 17.1. The summed E-state index contributed by atoms with van der Waals surface area (Å²) in [6.07, 6.45) is 1.44. The van der Waals surface area contributed by atoms with Crippen LogP contribution < -0.4 is 4.90 Å². The fourth-order valence-electron chi connectivity index (χ4n) is 2.78. The maximum atomic E-state index is 14.2. The fraction of sp³-hybridized carbons (Fsp3) is 0.0476. The monoisotopic (exact) mass is 441 g/mol. The van der Waals surface area contributed by atoms with Crippen molar-refractivity contribution in [2.75, 3.05) is 4.90 Å². The van der Waals surface area contributed by atoms with Crippen molar-refractivity contribution in [3.05, 3.63) is 81.7 Å². The molecule has 1 aliphatic heterocycles. The van der Waals surface area contributed by atoms with Crippen molar-refractivity contribution < 1.29 is 18.7 Å². The Balaban J connectivity index is 1.65. The van der Waals surface area contributed by atoms with Crippen LogP contribution in [-0.4, -0.2) is 22.8 Å². The van der Waals surface area contributed by atoms with Crippen molar-refractivity contribution in [1.29, 1.82) is 0 Å². The van der Waals surface area contributed by atoms with Crippen molar-refractivity contribution >= 4 is 57.6 Å². The molecule has 4 rings (SSSR count). The van der Waals surface area contributed by atoms with Gasteiger partial charge in [0.1, 0.15) is 5.82 Å². The van der Waals surface area contributed by atoms with Gasteiger partial charge in [-0.2, -0.15) is 0 Å². The number of hydrogen-bond donors (Lipinski definition) is 0. The summed E-state index contributed by atoms with van der Waals surface area (Å²) >= 11 is 7.11. The molecule has 6 nitrogen and oxygen atoms in total. The average molecular weight is 442 g/mol. The summed E-state index contributed by atoms with van der Waals surface area (Å²) in [5.74, 6) is -1.42. The second-order valence-electron chi connectivity index (χ2n) is 6.21. The van der Waals surface area contributed by atoms with Crippen LogP contribution in [0.4, 0.5) is 15.2 Å². The summed E-state index contributed by atoms with van der Waals surface area (Å²) in [5.41, 5.74) is 1.11. The first kappa shape index (κ1) is 19.9. The summed E-state index contributed by atoms with van der Waals surface area (Å²) < 4.78 is 19.4. The molecule has 3 aromatic rings. The van der Waals surface area contributed by atoms with Crippen LogP contribution in [0.5, 0.6) is 0 Å². The first-order valence-electron chi connectivity index (χ1n) is 8.71. The Morgan fingerprint density at radius 2 is 2.03 bits per heavy atom. The minimum atomic E-state index is -0.628. The number of carbonyl (C=O) groups is 2. The molecule has 30 heavy (non-hydrogen) atoms. The SMILES string of the molecule is CC(=O)N(c1nc(/C=C2/N=C(c3cccc(Cl)c3)OC2=O)cs1)c1ccccc1F. The number of ether oxygens (including phenoxy) is 1. The van der Waals surface area contributed by atoms with E-state index in [-0.39, 0.29) is 22.4 Å². The number of para-hydroxylation sites is 1. The average Bonchev–Trinajstić information content (AvgIpc) is 3.31. The minimum Gasteiger partial charge on any atom is -0.402 e. The van der Waals surface area contributed by atoms with E-state index in [1.807, 2.05) is 0 Å². The van der Waals surface area contributed by atoms with Crippen LogP contribution in [0.2, 0.25) is 5.02 Å². The molecule has 0 bridgehead atoms. The quantitative estimate of drug-likeness (QED) is 0.423. The molecular formula is C21H13ClFN3O3S. The second-order valence-corrected chi connectivity index (χ2v) is 7.48. The first-order chi connectivity index (χ1) is 14.4. The molecule has 2 heterocycles. The van der Waals surface area contributed by atoms with Gasteiger partial charge in [-0.25, -0.2) is 19.2 Å². The van der Waals surface area contributed by atoms with Gasteiger partial charge in [0.25, 0.3) is 0 Å². The van der Waals surface area contributed by atoms with Crippen LogP contribution in [0, 0.1) is 5.82 Å². The zero-order valence-electron chi connectivity index (χ0n) is 15.5. The summed E-state index contributed by atoms with van der Waals surface area (Å²) in [6, 6.07) is 12.7. The van der Waals surface area contributed by atoms with E-state index in [2.05, 4.69) is 9.98 Å². The van der Waals surface area contributed by atoms with Gasteiger partial charge >= 0.3 is 5.97 Å². The summed E-state index contributed by atoms with van der Waals surface area (Å²) in [7, 11) is 0. The number of aromatic nitrogens is 1. The van der Waals surface area contributed by atoms with Crippen molar-refractivity contribution in [3.8, 4) is 0 Å². The van der Waals surface area contributed by atoms with Crippen LogP contribution in [0.15, 0.2) is 64.6 Å². The molecule has 0 saturated heterocycles. The maximum Gasteiger partial charge on any atom is 0.363 e. The molecule has 0 N–H and O–H groups in total. The molecule has 0 unspecified atom stereocenters. The van der Waals surface area contributed by atoms with E-state index in [9.17, 15) is 14.0 Å². The normalized spacial score (nSPS) is 14.6. The number of cyclic esters (lactones) is 1. The number of amides is 1. The lowest BCUT2D eigenvalue weighted by atomic mass is 10.2. The molecule has 2 aromatic carbocycles. The van der Waals surface area contributed by atoms with Crippen LogP contribution in [-0.2, 0) is 14.3 Å². The number of anilines is 2. The Morgan fingerprint density at radius 1 is 1.23 bits per heavy atom. The third-order valence-electron chi connectivity index (χ3n) is 4.09. The molecule has 0 spiro atoms. The highest BCUT2D eigenvalue weighted by Gasteiger charge is 2.25. The molecule has 0 saturated carbocycles. The highest BCUT2D eigenvalue weighted by molar-refractivity contribution is 7.14. The molecular weight excluding hydrogens is 429 g/mol. The predicted octanol–water partition coefficient (Wildman–Crippen LogP) is 4.96. The van der Waals surface area contributed by atoms with Crippen molar-refractivity contribution in [2.45, 2.75) is 6.92 Å². The highest BCUT2D eigenvalue weighted by Crippen LogP contribution is 2.31. The number of esters is 1. The van der Waals surface area contributed by atoms with Gasteiger partial charge in [0.15, 0.2) is 10.8 Å². The van der Waals surface area contributed by atoms with E-state index < -0.39 is 17.7 Å². The standard InChI is InChI=1S/C21H13ClFN3O3S/c1-12(27)26(18-8-3-2-7-16(18)23)21-24-15(11-30-21)10-17-20(28)29-19(25-17)13-5-4-6-14(22)9-13/h2-11H,1H3/b17-10+. The van der Waals surface area contributed by atoms with Gasteiger partial charge in [0, 0.05) is 22.9 Å². The van der Waals surface area contributed by atoms with Gasteiger partial charge < -0.3 is 4.74 Å². The van der Waals surface area contributed by atoms with Gasteiger partial charge in [-0.1, -0.05) is 29.8 Å². The number of hydrogen-bond acceptors (Lipinski definition) is 6. The van der Waals surface area contributed by atoms with E-state index in [4.69, 9.17) is 16.3 Å². The third kappa shape index (κ3) is 4.00. The number of halogens is 2. The zero-order chi connectivity index (χ0) is 21.3. The summed E-state index contributed by atoms with van der Waals surface area (Å²) in [6.45, 7) is 1.32. The van der Waals surface area contributed by atoms with Crippen LogP contribution in [0.3, 0.4) is 0 Å². The molecule has 1 aromatic heterocycles. The van der Waals surface area contributed by atoms with Crippen molar-refractivity contribution in [3.63, 3.8) is 0 Å². The lowest BCUT2D eigenvalue weighted by molar-refractivity contribution is -0.130.